The molecule has 0 amide bonds. The van der Waals surface area contributed by atoms with Gasteiger partial charge in [0.2, 0.25) is 0 Å². The minimum atomic E-state index is 0.0241. The number of pyridine rings is 1. The van der Waals surface area contributed by atoms with Crippen molar-refractivity contribution < 1.29 is 5.11 Å². The van der Waals surface area contributed by atoms with Crippen molar-refractivity contribution in [3.63, 3.8) is 0 Å². The summed E-state index contributed by atoms with van der Waals surface area (Å²) in [5.41, 5.74) is 1.96. The zero-order chi connectivity index (χ0) is 12.3. The second-order valence-corrected chi connectivity index (χ2v) is 5.23. The van der Waals surface area contributed by atoms with E-state index in [2.05, 4.69) is 23.7 Å². The van der Waals surface area contributed by atoms with Crippen molar-refractivity contribution in [1.29, 1.82) is 0 Å². The van der Waals surface area contributed by atoms with Crippen LogP contribution in [0.25, 0.3) is 0 Å². The average molecular weight is 234 g/mol. The molecule has 0 bridgehead atoms. The Hall–Kier alpha value is -1.09. The highest BCUT2D eigenvalue weighted by molar-refractivity contribution is 5.46. The summed E-state index contributed by atoms with van der Waals surface area (Å²) in [5, 5.41) is 9.09. The SMILES string of the molecule is CC(C)C1CCN(c2ccnc(CO)c2)CC1. The predicted molar refractivity (Wildman–Crippen MR) is 69.9 cm³/mol. The van der Waals surface area contributed by atoms with E-state index >= 15 is 0 Å². The molecule has 2 rings (SSSR count). The van der Waals surface area contributed by atoms with Crippen molar-refractivity contribution in [3.8, 4) is 0 Å². The second-order valence-electron chi connectivity index (χ2n) is 5.23. The predicted octanol–water partition coefficient (Wildman–Crippen LogP) is 2.45. The molecule has 1 aromatic heterocycles. The zero-order valence-electron chi connectivity index (χ0n) is 10.8. The third kappa shape index (κ3) is 2.97. The van der Waals surface area contributed by atoms with Crippen molar-refractivity contribution in [2.45, 2.75) is 33.3 Å². The van der Waals surface area contributed by atoms with Gasteiger partial charge in [-0.15, -0.1) is 0 Å². The van der Waals surface area contributed by atoms with Crippen LogP contribution in [0.3, 0.4) is 0 Å². The highest BCUT2D eigenvalue weighted by Gasteiger charge is 2.21. The first-order valence-corrected chi connectivity index (χ1v) is 6.51. The van der Waals surface area contributed by atoms with Crippen molar-refractivity contribution >= 4 is 5.69 Å². The van der Waals surface area contributed by atoms with Gasteiger partial charge in [0.05, 0.1) is 12.3 Å². The Balaban J connectivity index is 2.00. The van der Waals surface area contributed by atoms with Crippen molar-refractivity contribution in [2.75, 3.05) is 18.0 Å². The molecule has 0 aromatic carbocycles. The molecule has 1 aromatic rings. The van der Waals surface area contributed by atoms with Gasteiger partial charge in [-0.1, -0.05) is 13.8 Å². The van der Waals surface area contributed by atoms with Crippen LogP contribution in [0, 0.1) is 11.8 Å². The zero-order valence-corrected chi connectivity index (χ0v) is 10.8. The lowest BCUT2D eigenvalue weighted by atomic mass is 9.86. The summed E-state index contributed by atoms with van der Waals surface area (Å²) in [6.45, 7) is 6.90. The molecule has 0 saturated carbocycles. The van der Waals surface area contributed by atoms with E-state index in [0.29, 0.717) is 0 Å². The highest BCUT2D eigenvalue weighted by atomic mass is 16.3. The van der Waals surface area contributed by atoms with Crippen LogP contribution in [-0.2, 0) is 6.61 Å². The van der Waals surface area contributed by atoms with Gasteiger partial charge in [0.1, 0.15) is 0 Å². The fraction of sp³-hybridized carbons (Fsp3) is 0.643. The van der Waals surface area contributed by atoms with Gasteiger partial charge in [-0.05, 0) is 36.8 Å². The topological polar surface area (TPSA) is 36.4 Å². The van der Waals surface area contributed by atoms with E-state index in [9.17, 15) is 0 Å². The van der Waals surface area contributed by atoms with E-state index in [1.807, 2.05) is 12.1 Å². The van der Waals surface area contributed by atoms with Crippen LogP contribution in [-0.4, -0.2) is 23.2 Å². The van der Waals surface area contributed by atoms with E-state index in [4.69, 9.17) is 5.11 Å². The Bertz CT molecular complexity index is 357. The smallest absolute Gasteiger partial charge is 0.0853 e. The van der Waals surface area contributed by atoms with E-state index in [1.165, 1.54) is 18.5 Å². The largest absolute Gasteiger partial charge is 0.390 e. The minimum Gasteiger partial charge on any atom is -0.390 e. The number of rotatable bonds is 3. The number of hydrogen-bond donors (Lipinski definition) is 1. The molecule has 1 saturated heterocycles. The number of hydrogen-bond acceptors (Lipinski definition) is 3. The quantitative estimate of drug-likeness (QED) is 0.872. The van der Waals surface area contributed by atoms with Gasteiger partial charge in [-0.2, -0.15) is 0 Å². The highest BCUT2D eigenvalue weighted by Crippen LogP contribution is 2.27. The maximum Gasteiger partial charge on any atom is 0.0853 e. The Morgan fingerprint density at radius 2 is 2.12 bits per heavy atom. The third-order valence-electron chi connectivity index (χ3n) is 3.81. The van der Waals surface area contributed by atoms with Crippen molar-refractivity contribution in [1.82, 2.24) is 4.98 Å². The molecule has 17 heavy (non-hydrogen) atoms. The Kier molecular flexibility index (Phi) is 4.00. The fourth-order valence-electron chi connectivity index (χ4n) is 2.57. The first-order valence-electron chi connectivity index (χ1n) is 6.51. The lowest BCUT2D eigenvalue weighted by Gasteiger charge is -2.35. The summed E-state index contributed by atoms with van der Waals surface area (Å²) < 4.78 is 0. The molecular weight excluding hydrogens is 212 g/mol. The van der Waals surface area contributed by atoms with E-state index < -0.39 is 0 Å². The van der Waals surface area contributed by atoms with Crippen LogP contribution in [0.5, 0.6) is 0 Å². The standard InChI is InChI=1S/C14H22N2O/c1-11(2)12-4-7-16(8-5-12)14-3-6-15-13(9-14)10-17/h3,6,9,11-12,17H,4-5,7-8,10H2,1-2H3. The van der Waals surface area contributed by atoms with Gasteiger partial charge >= 0.3 is 0 Å². The van der Waals surface area contributed by atoms with Crippen LogP contribution in [0.2, 0.25) is 0 Å². The van der Waals surface area contributed by atoms with Crippen LogP contribution < -0.4 is 4.90 Å². The van der Waals surface area contributed by atoms with E-state index in [1.54, 1.807) is 6.20 Å². The first-order chi connectivity index (χ1) is 8.20. The number of aliphatic hydroxyl groups excluding tert-OH is 1. The number of nitrogens with zero attached hydrogens (tertiary/aromatic N) is 2. The van der Waals surface area contributed by atoms with Crippen molar-refractivity contribution in [3.05, 3.63) is 24.0 Å². The van der Waals surface area contributed by atoms with Gasteiger partial charge in [0.25, 0.3) is 0 Å². The summed E-state index contributed by atoms with van der Waals surface area (Å²) in [7, 11) is 0. The molecule has 1 aliphatic heterocycles. The molecule has 0 aliphatic carbocycles. The monoisotopic (exact) mass is 234 g/mol. The summed E-state index contributed by atoms with van der Waals surface area (Å²) in [6.07, 6.45) is 4.33. The van der Waals surface area contributed by atoms with Crippen LogP contribution >= 0.6 is 0 Å². The normalized spacial score (nSPS) is 17.8. The van der Waals surface area contributed by atoms with Gasteiger partial charge in [-0.25, -0.2) is 0 Å². The Morgan fingerprint density at radius 3 is 2.71 bits per heavy atom. The van der Waals surface area contributed by atoms with E-state index in [0.717, 1.165) is 30.6 Å². The van der Waals surface area contributed by atoms with E-state index in [-0.39, 0.29) is 6.61 Å². The minimum absolute atomic E-state index is 0.0241. The molecule has 1 aliphatic rings. The number of piperidine rings is 1. The maximum atomic E-state index is 9.09. The van der Waals surface area contributed by atoms with Gasteiger partial charge in [0, 0.05) is 25.0 Å². The molecule has 3 heteroatoms. The fourth-order valence-corrected chi connectivity index (χ4v) is 2.57. The second kappa shape index (κ2) is 5.50. The molecule has 0 atom stereocenters. The lowest BCUT2D eigenvalue weighted by Crippen LogP contribution is -2.35. The number of anilines is 1. The summed E-state index contributed by atoms with van der Waals surface area (Å²) >= 11 is 0. The first kappa shape index (κ1) is 12.4. The number of aromatic nitrogens is 1. The Morgan fingerprint density at radius 1 is 1.41 bits per heavy atom. The van der Waals surface area contributed by atoms with Gasteiger partial charge < -0.3 is 10.0 Å². The van der Waals surface area contributed by atoms with Gasteiger partial charge in [-0.3, -0.25) is 4.98 Å². The summed E-state index contributed by atoms with van der Waals surface area (Å²) in [6, 6.07) is 4.03. The van der Waals surface area contributed by atoms with Crippen LogP contribution in [0.15, 0.2) is 18.3 Å². The Labute approximate surface area is 103 Å². The van der Waals surface area contributed by atoms with Gasteiger partial charge in [0.15, 0.2) is 0 Å². The average Bonchev–Trinajstić information content (AvgIpc) is 2.39. The van der Waals surface area contributed by atoms with Crippen molar-refractivity contribution in [2.24, 2.45) is 11.8 Å². The molecular formula is C14H22N2O. The van der Waals surface area contributed by atoms with Crippen LogP contribution in [0.4, 0.5) is 5.69 Å². The summed E-state index contributed by atoms with van der Waals surface area (Å²) in [4.78, 5) is 6.52. The molecule has 3 nitrogen and oxygen atoms in total. The third-order valence-corrected chi connectivity index (χ3v) is 3.81. The number of aliphatic hydroxyl groups is 1. The summed E-state index contributed by atoms with van der Waals surface area (Å²) in [5.74, 6) is 1.66. The lowest BCUT2D eigenvalue weighted by molar-refractivity contribution is 0.276. The molecule has 1 N–H and O–H groups in total. The maximum absolute atomic E-state index is 9.09. The molecule has 0 unspecified atom stereocenters. The molecule has 0 radical (unpaired) electrons. The molecule has 0 spiro atoms. The van der Waals surface area contributed by atoms with Crippen LogP contribution in [0.1, 0.15) is 32.4 Å². The molecule has 94 valence electrons. The molecule has 2 heterocycles. The molecule has 1 fully saturated rings.